The molecule has 17 heavy (non-hydrogen) atoms. The zero-order valence-corrected chi connectivity index (χ0v) is 16.6. The van der Waals surface area contributed by atoms with Crippen molar-refractivity contribution in [3.63, 3.8) is 0 Å². The van der Waals surface area contributed by atoms with Crippen LogP contribution in [0.1, 0.15) is 6.92 Å². The van der Waals surface area contributed by atoms with Gasteiger partial charge in [0.05, 0.1) is 9.65 Å². The molecule has 0 saturated heterocycles. The highest BCUT2D eigenvalue weighted by Gasteiger charge is 2.23. The Morgan fingerprint density at radius 3 is 1.65 bits per heavy atom. The van der Waals surface area contributed by atoms with Crippen LogP contribution in [0, 0.1) is 0 Å². The first-order chi connectivity index (χ1) is 8.01. The molecule has 104 valence electrons. The molecule has 2 atom stereocenters. The van der Waals surface area contributed by atoms with Crippen LogP contribution in [-0.2, 0) is 13.6 Å². The second kappa shape index (κ2) is 16.0. The smallest absolute Gasteiger partial charge is 0.397 e. The number of hydrogen-bond acceptors (Lipinski definition) is 4. The molecule has 0 spiro atoms. The minimum atomic E-state index is -2.01. The van der Waals surface area contributed by atoms with Crippen LogP contribution in [0.3, 0.4) is 0 Å². The molecule has 0 bridgehead atoms. The van der Waals surface area contributed by atoms with Gasteiger partial charge in [-0.25, -0.2) is 0 Å². The van der Waals surface area contributed by atoms with Crippen LogP contribution in [0.25, 0.3) is 0 Å². The third kappa shape index (κ3) is 17.9. The highest BCUT2D eigenvalue weighted by Crippen LogP contribution is 2.26. The number of hydrogen-bond donors (Lipinski definition) is 1. The molecule has 0 heterocycles. The number of halogens is 4. The van der Waals surface area contributed by atoms with Crippen molar-refractivity contribution in [2.24, 2.45) is 0 Å². The van der Waals surface area contributed by atoms with E-state index in [2.05, 4.69) is 63.7 Å². The fourth-order valence-electron chi connectivity index (χ4n) is 0.410. The second-order valence-electron chi connectivity index (χ2n) is 2.63. The number of aliphatic hydroxyl groups excluding tert-OH is 1. The largest absolute Gasteiger partial charge is 0.697 e. The van der Waals surface area contributed by atoms with E-state index in [4.69, 9.17) is 14.2 Å². The van der Waals surface area contributed by atoms with Gasteiger partial charge < -0.3 is 5.11 Å². The van der Waals surface area contributed by atoms with Gasteiger partial charge in [-0.3, -0.25) is 0 Å². The van der Waals surface area contributed by atoms with Gasteiger partial charge in [-0.05, 0) is 6.92 Å². The van der Waals surface area contributed by atoms with E-state index in [0.29, 0.717) is 13.2 Å². The van der Waals surface area contributed by atoms with Crippen molar-refractivity contribution in [3.8, 4) is 0 Å². The summed E-state index contributed by atoms with van der Waals surface area (Å²) in [6, 6.07) is 0. The van der Waals surface area contributed by atoms with E-state index in [0.717, 1.165) is 10.7 Å². The van der Waals surface area contributed by atoms with E-state index in [1.165, 1.54) is 0 Å². The Labute approximate surface area is 137 Å². The molecule has 1 N–H and O–H groups in total. The maximum absolute atomic E-state index is 11.1. The molecule has 4 nitrogen and oxygen atoms in total. The minimum Gasteiger partial charge on any atom is -0.397 e. The van der Waals surface area contributed by atoms with Gasteiger partial charge in [0.2, 0.25) is 0 Å². The van der Waals surface area contributed by atoms with Crippen LogP contribution in [0.4, 0.5) is 0 Å². The summed E-state index contributed by atoms with van der Waals surface area (Å²) in [5, 5.41) is 9.07. The predicted molar refractivity (Wildman–Crippen MR) is 85.3 cm³/mol. The van der Waals surface area contributed by atoms with Crippen molar-refractivity contribution in [1.82, 2.24) is 0 Å². The van der Waals surface area contributed by atoms with Crippen LogP contribution in [0.5, 0.6) is 0 Å². The lowest BCUT2D eigenvalue weighted by molar-refractivity contribution is 0.232. The van der Waals surface area contributed by atoms with E-state index in [1.54, 1.807) is 6.92 Å². The Balaban J connectivity index is 0. The average Bonchev–Trinajstić information content (AvgIpc) is 2.33. The summed E-state index contributed by atoms with van der Waals surface area (Å²) in [5.41, 5.74) is 0. The molecule has 0 aromatic carbocycles. The molecule has 2 unspecified atom stereocenters. The van der Waals surface area contributed by atoms with Gasteiger partial charge in [0, 0.05) is 21.8 Å². The SMILES string of the molecule is CCO.O=[P+](OCC(Br)CBr)OCC(Br)CBr. The summed E-state index contributed by atoms with van der Waals surface area (Å²) < 4.78 is 21.0. The lowest BCUT2D eigenvalue weighted by atomic mass is 10.5. The summed E-state index contributed by atoms with van der Waals surface area (Å²) in [5.74, 6) is 0. The highest BCUT2D eigenvalue weighted by atomic mass is 79.9. The van der Waals surface area contributed by atoms with Crippen LogP contribution in [0.15, 0.2) is 0 Å². The third-order valence-electron chi connectivity index (χ3n) is 1.06. The lowest BCUT2D eigenvalue weighted by Gasteiger charge is -1.99. The molecule has 0 aliphatic heterocycles. The van der Waals surface area contributed by atoms with Gasteiger partial charge in [-0.1, -0.05) is 63.7 Å². The van der Waals surface area contributed by atoms with E-state index in [-0.39, 0.29) is 16.3 Å². The molecular weight excluding hydrogens is 511 g/mol. The summed E-state index contributed by atoms with van der Waals surface area (Å²) in [7, 11) is -2.01. The summed E-state index contributed by atoms with van der Waals surface area (Å²) >= 11 is 13.2. The van der Waals surface area contributed by atoms with Crippen molar-refractivity contribution in [1.29, 1.82) is 0 Å². The van der Waals surface area contributed by atoms with Gasteiger partial charge in [0.1, 0.15) is 13.2 Å². The van der Waals surface area contributed by atoms with Crippen molar-refractivity contribution < 1.29 is 18.7 Å². The first-order valence-electron chi connectivity index (χ1n) is 4.75. The Kier molecular flexibility index (Phi) is 19.9. The number of aliphatic hydroxyl groups is 1. The molecule has 0 aliphatic carbocycles. The van der Waals surface area contributed by atoms with Gasteiger partial charge in [0.25, 0.3) is 0 Å². The fourth-order valence-corrected chi connectivity index (χ4v) is 2.13. The predicted octanol–water partition coefficient (Wildman–Crippen LogP) is 3.99. The van der Waals surface area contributed by atoms with Gasteiger partial charge in [-0.15, -0.1) is 9.05 Å². The Hall–Kier alpha value is 1.90. The Bertz CT molecular complexity index is 171. The molecule has 0 aliphatic rings. The van der Waals surface area contributed by atoms with Gasteiger partial charge in [-0.2, -0.15) is 0 Å². The Morgan fingerprint density at radius 2 is 1.41 bits per heavy atom. The molecule has 0 saturated carbocycles. The maximum Gasteiger partial charge on any atom is 0.697 e. The molecule has 9 heteroatoms. The third-order valence-corrected chi connectivity index (χ3v) is 6.25. The Morgan fingerprint density at radius 1 is 1.12 bits per heavy atom. The fraction of sp³-hybridized carbons (Fsp3) is 1.00. The van der Waals surface area contributed by atoms with Crippen molar-refractivity contribution >= 4 is 72.0 Å². The van der Waals surface area contributed by atoms with Gasteiger partial charge >= 0.3 is 8.25 Å². The molecular formula is C8H16Br4O4P+. The molecule has 0 aromatic heterocycles. The second-order valence-corrected chi connectivity index (χ2v) is 7.48. The monoisotopic (exact) mass is 523 g/mol. The zero-order chi connectivity index (χ0) is 13.7. The molecule has 0 fully saturated rings. The normalized spacial score (nSPS) is 14.6. The van der Waals surface area contributed by atoms with E-state index < -0.39 is 8.25 Å². The first kappa shape index (κ1) is 21.2. The summed E-state index contributed by atoms with van der Waals surface area (Å²) in [6.45, 7) is 2.66. The number of alkyl halides is 4. The van der Waals surface area contributed by atoms with Crippen molar-refractivity contribution in [3.05, 3.63) is 0 Å². The zero-order valence-electron chi connectivity index (χ0n) is 9.32. The molecule has 0 radical (unpaired) electrons. The van der Waals surface area contributed by atoms with Crippen LogP contribution in [-0.4, -0.2) is 45.2 Å². The topological polar surface area (TPSA) is 55.8 Å². The lowest BCUT2D eigenvalue weighted by Crippen LogP contribution is -2.09. The van der Waals surface area contributed by atoms with E-state index >= 15 is 0 Å². The molecule has 0 rings (SSSR count). The molecule has 0 amide bonds. The number of rotatable bonds is 8. The van der Waals surface area contributed by atoms with Crippen LogP contribution < -0.4 is 0 Å². The van der Waals surface area contributed by atoms with Crippen molar-refractivity contribution in [2.75, 3.05) is 30.5 Å². The summed E-state index contributed by atoms with van der Waals surface area (Å²) in [4.78, 5) is 0.307. The maximum atomic E-state index is 11.1. The van der Waals surface area contributed by atoms with Crippen LogP contribution >= 0.6 is 72.0 Å². The standard InChI is InChI=1S/C6H10Br4O3P.C2H6O/c7-1-5(9)3-12-14(11)13-4-6(10)2-8;1-2-3/h5-6H,1-4H2;3H,2H2,1H3/q+1;. The average molecular weight is 527 g/mol. The van der Waals surface area contributed by atoms with E-state index in [9.17, 15) is 4.57 Å². The van der Waals surface area contributed by atoms with E-state index in [1.807, 2.05) is 0 Å². The van der Waals surface area contributed by atoms with Gasteiger partial charge in [0.15, 0.2) is 0 Å². The molecule has 0 aromatic rings. The first-order valence-corrected chi connectivity index (χ1v) is 9.92. The minimum absolute atomic E-state index is 0.154. The highest BCUT2D eigenvalue weighted by molar-refractivity contribution is 9.12. The quantitative estimate of drug-likeness (QED) is 0.384. The van der Waals surface area contributed by atoms with Crippen molar-refractivity contribution in [2.45, 2.75) is 16.6 Å². The summed E-state index contributed by atoms with van der Waals surface area (Å²) in [6.07, 6.45) is 0. The van der Waals surface area contributed by atoms with Crippen LogP contribution in [0.2, 0.25) is 0 Å².